The van der Waals surface area contributed by atoms with Crippen molar-refractivity contribution < 1.29 is 9.53 Å². The lowest BCUT2D eigenvalue weighted by Gasteiger charge is -2.13. The van der Waals surface area contributed by atoms with Crippen molar-refractivity contribution >= 4 is 34.7 Å². The van der Waals surface area contributed by atoms with Gasteiger partial charge >= 0.3 is 0 Å². The van der Waals surface area contributed by atoms with Crippen molar-refractivity contribution in [2.75, 3.05) is 17.7 Å². The Morgan fingerprint density at radius 3 is 2.71 bits per heavy atom. The van der Waals surface area contributed by atoms with Crippen LogP contribution in [0.15, 0.2) is 54.7 Å². The molecular formula is C21H17ClN4O2. The number of nitrogens with zero attached hydrogens (tertiary/aromatic N) is 2. The van der Waals surface area contributed by atoms with Gasteiger partial charge in [0.15, 0.2) is 0 Å². The van der Waals surface area contributed by atoms with E-state index in [2.05, 4.69) is 15.6 Å². The zero-order chi connectivity index (χ0) is 20.1. The quantitative estimate of drug-likeness (QED) is 0.643. The zero-order valence-corrected chi connectivity index (χ0v) is 16.0. The standard InChI is InChI=1S/C21H17ClN4O2/c1-13-8-18(19(28-2)10-17(13)22)26-20-7-6-15(12-24-20)21(27)25-16-5-3-4-14(9-16)11-23/h3-10,12H,1-2H3,(H,24,26)(H,25,27). The number of aromatic nitrogens is 1. The Kier molecular flexibility index (Phi) is 5.78. The second-order valence-corrected chi connectivity index (χ2v) is 6.41. The Labute approximate surface area is 167 Å². The first kappa shape index (κ1) is 19.2. The fourth-order valence-electron chi connectivity index (χ4n) is 2.54. The van der Waals surface area contributed by atoms with E-state index < -0.39 is 0 Å². The van der Waals surface area contributed by atoms with Gasteiger partial charge in [-0.3, -0.25) is 4.79 Å². The fraction of sp³-hybridized carbons (Fsp3) is 0.0952. The number of amides is 1. The number of methoxy groups -OCH3 is 1. The summed E-state index contributed by atoms with van der Waals surface area (Å²) >= 11 is 6.12. The topological polar surface area (TPSA) is 87.0 Å². The van der Waals surface area contributed by atoms with Crippen molar-refractivity contribution in [2.45, 2.75) is 6.92 Å². The van der Waals surface area contributed by atoms with Gasteiger partial charge in [0.1, 0.15) is 11.6 Å². The van der Waals surface area contributed by atoms with Gasteiger partial charge in [-0.05, 0) is 48.9 Å². The molecule has 140 valence electrons. The molecule has 2 N–H and O–H groups in total. The smallest absolute Gasteiger partial charge is 0.257 e. The monoisotopic (exact) mass is 392 g/mol. The minimum absolute atomic E-state index is 0.311. The van der Waals surface area contributed by atoms with Gasteiger partial charge in [0.2, 0.25) is 0 Å². The molecule has 0 spiro atoms. The molecule has 0 aliphatic heterocycles. The van der Waals surface area contributed by atoms with E-state index in [-0.39, 0.29) is 5.91 Å². The van der Waals surface area contributed by atoms with Gasteiger partial charge in [-0.25, -0.2) is 4.98 Å². The molecular weight excluding hydrogens is 376 g/mol. The molecule has 0 unspecified atom stereocenters. The number of pyridine rings is 1. The number of aryl methyl sites for hydroxylation is 1. The first-order valence-corrected chi connectivity index (χ1v) is 8.76. The van der Waals surface area contributed by atoms with Gasteiger partial charge in [-0.2, -0.15) is 5.26 Å². The Morgan fingerprint density at radius 1 is 1.21 bits per heavy atom. The maximum absolute atomic E-state index is 12.4. The summed E-state index contributed by atoms with van der Waals surface area (Å²) in [6.07, 6.45) is 1.47. The van der Waals surface area contributed by atoms with Crippen LogP contribution in [0, 0.1) is 18.3 Å². The van der Waals surface area contributed by atoms with Crippen molar-refractivity contribution in [3.8, 4) is 11.8 Å². The summed E-state index contributed by atoms with van der Waals surface area (Å²) in [6.45, 7) is 1.90. The Morgan fingerprint density at radius 2 is 2.04 bits per heavy atom. The number of carbonyl (C=O) groups excluding carboxylic acids is 1. The molecule has 0 fully saturated rings. The number of carbonyl (C=O) groups is 1. The molecule has 1 heterocycles. The second kappa shape index (κ2) is 8.42. The highest BCUT2D eigenvalue weighted by Crippen LogP contribution is 2.32. The maximum Gasteiger partial charge on any atom is 0.257 e. The molecule has 0 saturated heterocycles. The number of hydrogen-bond acceptors (Lipinski definition) is 5. The van der Waals surface area contributed by atoms with Crippen molar-refractivity contribution in [1.82, 2.24) is 4.98 Å². The summed E-state index contributed by atoms with van der Waals surface area (Å²) in [5.41, 5.74) is 3.05. The van der Waals surface area contributed by atoms with Crippen LogP contribution in [0.5, 0.6) is 5.75 Å². The molecule has 3 aromatic rings. The number of halogens is 1. The molecule has 3 rings (SSSR count). The van der Waals surface area contributed by atoms with E-state index >= 15 is 0 Å². The Hall–Kier alpha value is -3.56. The van der Waals surface area contributed by atoms with Crippen LogP contribution < -0.4 is 15.4 Å². The number of hydrogen-bond donors (Lipinski definition) is 2. The summed E-state index contributed by atoms with van der Waals surface area (Å²) < 4.78 is 5.34. The van der Waals surface area contributed by atoms with Crippen LogP contribution in [-0.4, -0.2) is 18.0 Å². The Bertz CT molecular complexity index is 1060. The van der Waals surface area contributed by atoms with Crippen molar-refractivity contribution in [2.24, 2.45) is 0 Å². The highest BCUT2D eigenvalue weighted by Gasteiger charge is 2.10. The van der Waals surface area contributed by atoms with Gasteiger partial charge in [-0.15, -0.1) is 0 Å². The van der Waals surface area contributed by atoms with Crippen LogP contribution in [0.3, 0.4) is 0 Å². The molecule has 0 bridgehead atoms. The Balaban J connectivity index is 1.74. The van der Waals surface area contributed by atoms with E-state index in [0.717, 1.165) is 11.3 Å². The third kappa shape index (κ3) is 4.40. The van der Waals surface area contributed by atoms with E-state index in [0.29, 0.717) is 33.4 Å². The molecule has 0 radical (unpaired) electrons. The van der Waals surface area contributed by atoms with Crippen LogP contribution in [0.4, 0.5) is 17.2 Å². The average molecular weight is 393 g/mol. The average Bonchev–Trinajstić information content (AvgIpc) is 2.71. The zero-order valence-electron chi connectivity index (χ0n) is 15.3. The summed E-state index contributed by atoms with van der Waals surface area (Å²) in [6, 6.07) is 15.7. The molecule has 0 atom stereocenters. The first-order chi connectivity index (χ1) is 13.5. The van der Waals surface area contributed by atoms with E-state index in [1.54, 1.807) is 49.6 Å². The highest BCUT2D eigenvalue weighted by atomic mass is 35.5. The number of benzene rings is 2. The van der Waals surface area contributed by atoms with E-state index in [1.807, 2.05) is 19.1 Å². The van der Waals surface area contributed by atoms with Crippen LogP contribution in [0.25, 0.3) is 0 Å². The number of anilines is 3. The van der Waals surface area contributed by atoms with Gasteiger partial charge in [0, 0.05) is 23.0 Å². The van der Waals surface area contributed by atoms with E-state index in [1.165, 1.54) is 6.20 Å². The van der Waals surface area contributed by atoms with Crippen LogP contribution in [0.2, 0.25) is 5.02 Å². The van der Waals surface area contributed by atoms with Crippen LogP contribution in [0.1, 0.15) is 21.5 Å². The SMILES string of the molecule is COc1cc(Cl)c(C)cc1Nc1ccc(C(=O)Nc2cccc(C#N)c2)cn1. The van der Waals surface area contributed by atoms with Gasteiger partial charge in [0.25, 0.3) is 5.91 Å². The lowest BCUT2D eigenvalue weighted by molar-refractivity contribution is 0.102. The molecule has 6 nitrogen and oxygen atoms in total. The molecule has 1 aromatic heterocycles. The summed E-state index contributed by atoms with van der Waals surface area (Å²) in [7, 11) is 1.56. The normalized spacial score (nSPS) is 10.1. The number of nitriles is 1. The fourth-order valence-corrected chi connectivity index (χ4v) is 2.69. The number of ether oxygens (including phenoxy) is 1. The van der Waals surface area contributed by atoms with Crippen molar-refractivity contribution in [3.63, 3.8) is 0 Å². The predicted octanol–water partition coefficient (Wildman–Crippen LogP) is 4.92. The number of rotatable bonds is 5. The molecule has 0 aliphatic carbocycles. The minimum atomic E-state index is -0.311. The van der Waals surface area contributed by atoms with Gasteiger partial charge in [0.05, 0.1) is 30.0 Å². The predicted molar refractivity (Wildman–Crippen MR) is 109 cm³/mol. The summed E-state index contributed by atoms with van der Waals surface area (Å²) in [4.78, 5) is 16.7. The van der Waals surface area contributed by atoms with Gasteiger partial charge < -0.3 is 15.4 Å². The summed E-state index contributed by atoms with van der Waals surface area (Å²) in [5.74, 6) is 0.841. The van der Waals surface area contributed by atoms with Crippen molar-refractivity contribution in [1.29, 1.82) is 5.26 Å². The lowest BCUT2D eigenvalue weighted by atomic mass is 10.2. The van der Waals surface area contributed by atoms with Crippen molar-refractivity contribution in [3.05, 3.63) is 76.4 Å². The third-order valence-electron chi connectivity index (χ3n) is 4.02. The molecule has 0 saturated carbocycles. The third-order valence-corrected chi connectivity index (χ3v) is 4.43. The molecule has 7 heteroatoms. The maximum atomic E-state index is 12.4. The van der Waals surface area contributed by atoms with Crippen LogP contribution >= 0.6 is 11.6 Å². The van der Waals surface area contributed by atoms with E-state index in [9.17, 15) is 4.79 Å². The first-order valence-electron chi connectivity index (χ1n) is 8.39. The highest BCUT2D eigenvalue weighted by molar-refractivity contribution is 6.31. The van der Waals surface area contributed by atoms with E-state index in [4.69, 9.17) is 21.6 Å². The largest absolute Gasteiger partial charge is 0.495 e. The number of nitrogens with one attached hydrogen (secondary N) is 2. The molecule has 1 amide bonds. The minimum Gasteiger partial charge on any atom is -0.495 e. The molecule has 28 heavy (non-hydrogen) atoms. The van der Waals surface area contributed by atoms with Gasteiger partial charge in [-0.1, -0.05) is 17.7 Å². The summed E-state index contributed by atoms with van der Waals surface area (Å²) in [5, 5.41) is 15.5. The second-order valence-electron chi connectivity index (χ2n) is 6.01. The molecule has 0 aliphatic rings. The molecule has 2 aromatic carbocycles. The lowest BCUT2D eigenvalue weighted by Crippen LogP contribution is -2.12. The van der Waals surface area contributed by atoms with Crippen LogP contribution in [-0.2, 0) is 0 Å².